The molecule has 0 heterocycles. The minimum absolute atomic E-state index is 0.0571. The summed E-state index contributed by atoms with van der Waals surface area (Å²) in [5, 5.41) is 11.6. The number of carboxylic acids is 1. The first-order valence-electron chi connectivity index (χ1n) is 7.13. The maximum atomic E-state index is 12.2. The lowest BCUT2D eigenvalue weighted by Gasteiger charge is -2.35. The second kappa shape index (κ2) is 9.57. The molecule has 0 saturated heterocycles. The lowest BCUT2D eigenvalue weighted by Crippen LogP contribution is -2.52. The molecule has 0 radical (unpaired) electrons. The molecule has 0 aliphatic rings. The molecule has 0 atom stereocenters. The molecule has 0 aromatic rings. The summed E-state index contributed by atoms with van der Waals surface area (Å²) in [7, 11) is 3.61. The van der Waals surface area contributed by atoms with Gasteiger partial charge < -0.3 is 25.0 Å². The van der Waals surface area contributed by atoms with Crippen LogP contribution in [-0.2, 0) is 9.53 Å². The van der Waals surface area contributed by atoms with E-state index in [2.05, 4.69) is 10.2 Å². The van der Waals surface area contributed by atoms with Gasteiger partial charge in [-0.05, 0) is 27.8 Å². The van der Waals surface area contributed by atoms with Crippen molar-refractivity contribution in [2.45, 2.75) is 32.7 Å². The van der Waals surface area contributed by atoms with Gasteiger partial charge in [0.25, 0.3) is 0 Å². The minimum atomic E-state index is -0.906. The minimum Gasteiger partial charge on any atom is -0.481 e. The van der Waals surface area contributed by atoms with Crippen molar-refractivity contribution in [3.05, 3.63) is 0 Å². The molecule has 7 nitrogen and oxygen atoms in total. The molecule has 2 N–H and O–H groups in total. The van der Waals surface area contributed by atoms with Crippen molar-refractivity contribution < 1.29 is 19.4 Å². The lowest BCUT2D eigenvalue weighted by molar-refractivity contribution is -0.137. The number of aliphatic carboxylic acids is 1. The van der Waals surface area contributed by atoms with Crippen molar-refractivity contribution in [3.8, 4) is 0 Å². The summed E-state index contributed by atoms with van der Waals surface area (Å²) < 4.78 is 4.98. The van der Waals surface area contributed by atoms with Crippen LogP contribution in [0.15, 0.2) is 0 Å². The van der Waals surface area contributed by atoms with Crippen molar-refractivity contribution in [3.63, 3.8) is 0 Å². The number of nitrogens with zero attached hydrogens (tertiary/aromatic N) is 2. The fourth-order valence-corrected chi connectivity index (χ4v) is 1.76. The van der Waals surface area contributed by atoms with Gasteiger partial charge in [0.05, 0.1) is 13.0 Å². The first-order chi connectivity index (χ1) is 9.68. The number of ether oxygens (including phenoxy) is 1. The first-order valence-corrected chi connectivity index (χ1v) is 7.13. The standard InChI is InChI=1S/C14H29N3O4/c1-14(2,3)17(8-6-12(18)19)13(20)15-7-9-16(4)10-11-21-5/h6-11H2,1-5H3,(H,15,20)(H,18,19). The second-order valence-electron chi connectivity index (χ2n) is 5.99. The Morgan fingerprint density at radius 1 is 1.19 bits per heavy atom. The van der Waals surface area contributed by atoms with E-state index in [9.17, 15) is 9.59 Å². The van der Waals surface area contributed by atoms with Crippen molar-refractivity contribution in [1.82, 2.24) is 15.1 Å². The highest BCUT2D eigenvalue weighted by Crippen LogP contribution is 2.13. The fraction of sp³-hybridized carbons (Fsp3) is 0.857. The molecule has 0 rings (SSSR count). The lowest BCUT2D eigenvalue weighted by atomic mass is 10.1. The number of hydrogen-bond donors (Lipinski definition) is 2. The largest absolute Gasteiger partial charge is 0.481 e. The van der Waals surface area contributed by atoms with Gasteiger partial charge >= 0.3 is 12.0 Å². The Morgan fingerprint density at radius 2 is 1.81 bits per heavy atom. The summed E-state index contributed by atoms with van der Waals surface area (Å²) in [5.74, 6) is -0.906. The molecule has 2 amide bonds. The van der Waals surface area contributed by atoms with E-state index in [1.54, 1.807) is 12.0 Å². The highest BCUT2D eigenvalue weighted by Gasteiger charge is 2.26. The number of carbonyl (C=O) groups is 2. The molecule has 21 heavy (non-hydrogen) atoms. The summed E-state index contributed by atoms with van der Waals surface area (Å²) in [6.07, 6.45) is -0.0571. The number of hydrogen-bond acceptors (Lipinski definition) is 4. The third-order valence-electron chi connectivity index (χ3n) is 3.05. The molecule has 0 saturated carbocycles. The third kappa shape index (κ3) is 9.25. The Labute approximate surface area is 127 Å². The van der Waals surface area contributed by atoms with Crippen LogP contribution in [0.1, 0.15) is 27.2 Å². The zero-order chi connectivity index (χ0) is 16.5. The van der Waals surface area contributed by atoms with Crippen molar-refractivity contribution in [2.24, 2.45) is 0 Å². The van der Waals surface area contributed by atoms with Gasteiger partial charge in [0.1, 0.15) is 0 Å². The summed E-state index contributed by atoms with van der Waals surface area (Å²) in [4.78, 5) is 26.5. The predicted octanol–water partition coefficient (Wildman–Crippen LogP) is 0.849. The quantitative estimate of drug-likeness (QED) is 0.660. The Kier molecular flexibility index (Phi) is 8.96. The smallest absolute Gasteiger partial charge is 0.317 e. The highest BCUT2D eigenvalue weighted by molar-refractivity contribution is 5.76. The number of nitrogens with one attached hydrogen (secondary N) is 1. The van der Waals surface area contributed by atoms with Crippen LogP contribution < -0.4 is 5.32 Å². The summed E-state index contributed by atoms with van der Waals surface area (Å²) in [6, 6.07) is -0.233. The summed E-state index contributed by atoms with van der Waals surface area (Å²) in [5.41, 5.74) is -0.415. The molecule has 0 bridgehead atoms. The van der Waals surface area contributed by atoms with E-state index in [4.69, 9.17) is 9.84 Å². The topological polar surface area (TPSA) is 82.1 Å². The first kappa shape index (κ1) is 19.7. The monoisotopic (exact) mass is 303 g/mol. The molecule has 0 fully saturated rings. The number of likely N-dealkylation sites (N-methyl/N-ethyl adjacent to an activating group) is 1. The van der Waals surface area contributed by atoms with Gasteiger partial charge in [-0.25, -0.2) is 4.79 Å². The number of amides is 2. The maximum Gasteiger partial charge on any atom is 0.317 e. The molecular weight excluding hydrogens is 274 g/mol. The van der Waals surface area contributed by atoms with Crippen LogP contribution in [0.5, 0.6) is 0 Å². The Bertz CT molecular complexity index is 329. The van der Waals surface area contributed by atoms with E-state index in [0.29, 0.717) is 19.7 Å². The zero-order valence-corrected chi connectivity index (χ0v) is 13.8. The number of rotatable bonds is 9. The van der Waals surface area contributed by atoms with Gasteiger partial charge in [0, 0.05) is 38.8 Å². The predicted molar refractivity (Wildman–Crippen MR) is 81.5 cm³/mol. The van der Waals surface area contributed by atoms with Crippen LogP contribution in [0.25, 0.3) is 0 Å². The molecule has 124 valence electrons. The van der Waals surface area contributed by atoms with Crippen LogP contribution in [0.4, 0.5) is 4.79 Å². The number of urea groups is 1. The average Bonchev–Trinajstić information content (AvgIpc) is 2.34. The van der Waals surface area contributed by atoms with Gasteiger partial charge in [0.2, 0.25) is 0 Å². The SMILES string of the molecule is COCCN(C)CCNC(=O)N(CCC(=O)O)C(C)(C)C. The van der Waals surface area contributed by atoms with Gasteiger partial charge in [-0.3, -0.25) is 4.79 Å². The van der Waals surface area contributed by atoms with E-state index in [1.807, 2.05) is 27.8 Å². The number of methoxy groups -OCH3 is 1. The van der Waals surface area contributed by atoms with Crippen LogP contribution in [0, 0.1) is 0 Å². The molecule has 0 aromatic carbocycles. The van der Waals surface area contributed by atoms with Crippen LogP contribution in [0.2, 0.25) is 0 Å². The molecular formula is C14H29N3O4. The number of carboxylic acid groups (broad SMARTS) is 1. The fourth-order valence-electron chi connectivity index (χ4n) is 1.76. The van der Waals surface area contributed by atoms with E-state index < -0.39 is 11.5 Å². The summed E-state index contributed by atoms with van der Waals surface area (Å²) >= 11 is 0. The molecule has 7 heteroatoms. The van der Waals surface area contributed by atoms with E-state index in [0.717, 1.165) is 6.54 Å². The van der Waals surface area contributed by atoms with E-state index in [-0.39, 0.29) is 19.0 Å². The van der Waals surface area contributed by atoms with Gasteiger partial charge in [-0.1, -0.05) is 0 Å². The van der Waals surface area contributed by atoms with Gasteiger partial charge in [-0.2, -0.15) is 0 Å². The molecule has 0 aromatic heterocycles. The van der Waals surface area contributed by atoms with Gasteiger partial charge in [-0.15, -0.1) is 0 Å². The Morgan fingerprint density at radius 3 is 2.29 bits per heavy atom. The maximum absolute atomic E-state index is 12.2. The third-order valence-corrected chi connectivity index (χ3v) is 3.05. The Hall–Kier alpha value is -1.34. The molecule has 0 aliphatic heterocycles. The van der Waals surface area contributed by atoms with E-state index >= 15 is 0 Å². The normalized spacial score (nSPS) is 11.5. The van der Waals surface area contributed by atoms with Crippen LogP contribution in [-0.4, -0.2) is 79.4 Å². The van der Waals surface area contributed by atoms with E-state index in [1.165, 1.54) is 0 Å². The molecule has 0 spiro atoms. The van der Waals surface area contributed by atoms with Crippen LogP contribution >= 0.6 is 0 Å². The van der Waals surface area contributed by atoms with Crippen molar-refractivity contribution in [2.75, 3.05) is 46.9 Å². The van der Waals surface area contributed by atoms with Crippen molar-refractivity contribution >= 4 is 12.0 Å². The van der Waals surface area contributed by atoms with Crippen LogP contribution in [0.3, 0.4) is 0 Å². The number of carbonyl (C=O) groups excluding carboxylic acids is 1. The average molecular weight is 303 g/mol. The zero-order valence-electron chi connectivity index (χ0n) is 13.8. The highest BCUT2D eigenvalue weighted by atomic mass is 16.5. The van der Waals surface area contributed by atoms with Crippen molar-refractivity contribution in [1.29, 1.82) is 0 Å². The Balaban J connectivity index is 4.26. The molecule has 0 aliphatic carbocycles. The van der Waals surface area contributed by atoms with Gasteiger partial charge in [0.15, 0.2) is 0 Å². The summed E-state index contributed by atoms with van der Waals surface area (Å²) in [6.45, 7) is 8.54. The molecule has 0 unspecified atom stereocenters. The second-order valence-corrected chi connectivity index (χ2v) is 5.99.